The summed E-state index contributed by atoms with van der Waals surface area (Å²) in [6.07, 6.45) is 0. The second kappa shape index (κ2) is 5.49. The summed E-state index contributed by atoms with van der Waals surface area (Å²) < 4.78 is 2.33. The maximum Gasteiger partial charge on any atom is 0.179 e. The van der Waals surface area contributed by atoms with Gasteiger partial charge in [-0.2, -0.15) is 0 Å². The quantitative estimate of drug-likeness (QED) is 0.302. The molecule has 0 spiro atoms. The third-order valence-electron chi connectivity index (χ3n) is 6.27. The van der Waals surface area contributed by atoms with Crippen molar-refractivity contribution in [2.24, 2.45) is 0 Å². The first-order valence-electron chi connectivity index (χ1n) is 10.1. The molecule has 0 bridgehead atoms. The molecule has 0 atom stereocenters. The van der Waals surface area contributed by atoms with E-state index in [1.807, 2.05) is 6.07 Å². The molecule has 3 nitrogen and oxygen atoms in total. The van der Waals surface area contributed by atoms with E-state index in [9.17, 15) is 4.79 Å². The molecule has 3 heteroatoms. The topological polar surface area (TPSA) is 37.3 Å². The molecule has 7 aromatic rings. The van der Waals surface area contributed by atoms with Gasteiger partial charge in [0.2, 0.25) is 0 Å². The van der Waals surface area contributed by atoms with E-state index in [2.05, 4.69) is 82.2 Å². The molecule has 0 fully saturated rings. The van der Waals surface area contributed by atoms with Crippen LogP contribution in [0.15, 0.2) is 95.8 Å². The number of hydrogen-bond donors (Lipinski definition) is 1. The van der Waals surface area contributed by atoms with Gasteiger partial charge in [0, 0.05) is 16.2 Å². The fraction of sp³-hybridized carbons (Fsp3) is 0. The summed E-state index contributed by atoms with van der Waals surface area (Å²) in [7, 11) is 0. The first kappa shape index (κ1) is 15.8. The summed E-state index contributed by atoms with van der Waals surface area (Å²) in [5.74, 6) is 0. The highest BCUT2D eigenvalue weighted by Crippen LogP contribution is 2.40. The summed E-state index contributed by atoms with van der Waals surface area (Å²) in [5.41, 5.74) is 4.46. The van der Waals surface area contributed by atoms with Crippen molar-refractivity contribution in [2.75, 3.05) is 0 Å². The monoisotopic (exact) mass is 384 g/mol. The van der Waals surface area contributed by atoms with Crippen LogP contribution in [0.3, 0.4) is 0 Å². The molecule has 0 aliphatic heterocycles. The zero-order valence-electron chi connectivity index (χ0n) is 16.0. The number of rotatable bonds is 0. The molecule has 1 N–H and O–H groups in total. The van der Waals surface area contributed by atoms with Gasteiger partial charge in [-0.1, -0.05) is 60.7 Å². The summed E-state index contributed by atoms with van der Waals surface area (Å²) in [6.45, 7) is 0. The fourth-order valence-corrected chi connectivity index (χ4v) is 5.06. The predicted octanol–water partition coefficient (Wildman–Crippen LogP) is 6.39. The number of fused-ring (bicyclic) bond motifs is 13. The highest BCUT2D eigenvalue weighted by Gasteiger charge is 2.17. The van der Waals surface area contributed by atoms with E-state index in [-0.39, 0.29) is 5.43 Å². The molecule has 0 radical (unpaired) electrons. The van der Waals surface area contributed by atoms with Gasteiger partial charge in [-0.05, 0) is 51.9 Å². The Kier molecular flexibility index (Phi) is 2.88. The minimum Gasteiger partial charge on any atom is -0.339 e. The lowest BCUT2D eigenvalue weighted by Gasteiger charge is -2.15. The molecule has 2 heterocycles. The van der Waals surface area contributed by atoms with Crippen LogP contribution in [0.5, 0.6) is 0 Å². The van der Waals surface area contributed by atoms with Crippen molar-refractivity contribution in [2.45, 2.75) is 0 Å². The Morgan fingerprint density at radius 3 is 2.13 bits per heavy atom. The molecule has 0 saturated carbocycles. The smallest absolute Gasteiger partial charge is 0.179 e. The number of aromatic nitrogens is 2. The van der Waals surface area contributed by atoms with Crippen LogP contribution in [0.4, 0.5) is 0 Å². The maximum atomic E-state index is 12.4. The predicted molar refractivity (Wildman–Crippen MR) is 126 cm³/mol. The molecule has 140 valence electrons. The molecule has 0 aliphatic rings. The number of imidazole rings is 1. The Morgan fingerprint density at radius 2 is 1.27 bits per heavy atom. The SMILES string of the molecule is O=c1ccc2c3ccccc3c3c(c2c1)c1ccccc1c1[nH]c2ccccc2n13. The van der Waals surface area contributed by atoms with Crippen molar-refractivity contribution in [3.8, 4) is 0 Å². The molecular formula is C27H16N2O. The summed E-state index contributed by atoms with van der Waals surface area (Å²) in [6, 6.07) is 30.8. The maximum absolute atomic E-state index is 12.4. The van der Waals surface area contributed by atoms with Crippen molar-refractivity contribution in [3.63, 3.8) is 0 Å². The second-order valence-corrected chi connectivity index (χ2v) is 7.85. The third kappa shape index (κ3) is 1.87. The number of para-hydroxylation sites is 2. The van der Waals surface area contributed by atoms with Gasteiger partial charge in [-0.3, -0.25) is 9.20 Å². The second-order valence-electron chi connectivity index (χ2n) is 7.85. The Hall–Kier alpha value is -4.11. The number of nitrogens with zero attached hydrogens (tertiary/aromatic N) is 1. The van der Waals surface area contributed by atoms with Crippen molar-refractivity contribution < 1.29 is 0 Å². The first-order valence-corrected chi connectivity index (χ1v) is 10.1. The van der Waals surface area contributed by atoms with Gasteiger partial charge >= 0.3 is 0 Å². The Balaban J connectivity index is 2.01. The van der Waals surface area contributed by atoms with Gasteiger partial charge in [0.1, 0.15) is 5.65 Å². The minimum atomic E-state index is 0.0344. The number of H-pyrrole nitrogens is 1. The number of nitrogens with one attached hydrogen (secondary N) is 1. The molecule has 7 rings (SSSR count). The van der Waals surface area contributed by atoms with Crippen LogP contribution in [-0.4, -0.2) is 9.38 Å². The average molecular weight is 384 g/mol. The average Bonchev–Trinajstić information content (AvgIpc) is 3.18. The van der Waals surface area contributed by atoms with Crippen LogP contribution in [0, 0.1) is 0 Å². The summed E-state index contributed by atoms with van der Waals surface area (Å²) in [4.78, 5) is 16.1. The zero-order valence-corrected chi connectivity index (χ0v) is 16.0. The number of benzene rings is 5. The van der Waals surface area contributed by atoms with E-state index < -0.39 is 0 Å². The van der Waals surface area contributed by atoms with E-state index in [1.54, 1.807) is 12.1 Å². The standard InChI is InChI=1S/C27H16N2O/c30-16-13-14-18-17-7-1-3-9-20(17)26-25(22(18)15-16)19-8-2-4-10-21(19)27-28-23-11-5-6-12-24(23)29(26)27/h1-15,28H. The van der Waals surface area contributed by atoms with E-state index in [1.165, 1.54) is 5.39 Å². The fourth-order valence-electron chi connectivity index (χ4n) is 5.06. The molecular weight excluding hydrogens is 368 g/mol. The lowest BCUT2D eigenvalue weighted by atomic mass is 9.94. The first-order chi connectivity index (χ1) is 14.8. The van der Waals surface area contributed by atoms with Crippen molar-refractivity contribution in [3.05, 3.63) is 101 Å². The molecule has 0 amide bonds. The summed E-state index contributed by atoms with van der Waals surface area (Å²) >= 11 is 0. The van der Waals surface area contributed by atoms with Gasteiger partial charge in [-0.15, -0.1) is 0 Å². The van der Waals surface area contributed by atoms with Crippen LogP contribution < -0.4 is 5.43 Å². The van der Waals surface area contributed by atoms with Crippen molar-refractivity contribution in [1.82, 2.24) is 9.38 Å². The molecule has 5 aromatic carbocycles. The molecule has 0 saturated heterocycles. The van der Waals surface area contributed by atoms with Crippen LogP contribution in [0.25, 0.3) is 59.9 Å². The van der Waals surface area contributed by atoms with Crippen molar-refractivity contribution >= 4 is 59.9 Å². The van der Waals surface area contributed by atoms with Crippen LogP contribution >= 0.6 is 0 Å². The van der Waals surface area contributed by atoms with E-state index >= 15 is 0 Å². The van der Waals surface area contributed by atoms with Crippen LogP contribution in [0.2, 0.25) is 0 Å². The van der Waals surface area contributed by atoms with Gasteiger partial charge in [0.25, 0.3) is 0 Å². The van der Waals surface area contributed by atoms with E-state index in [0.717, 1.165) is 54.5 Å². The Labute approximate surface area is 170 Å². The normalized spacial score (nSPS) is 12.1. The van der Waals surface area contributed by atoms with Crippen LogP contribution in [-0.2, 0) is 0 Å². The van der Waals surface area contributed by atoms with Gasteiger partial charge < -0.3 is 4.98 Å². The zero-order chi connectivity index (χ0) is 19.8. The van der Waals surface area contributed by atoms with E-state index in [0.29, 0.717) is 0 Å². The van der Waals surface area contributed by atoms with Gasteiger partial charge in [-0.25, -0.2) is 0 Å². The highest BCUT2D eigenvalue weighted by atomic mass is 16.1. The molecule has 0 aliphatic carbocycles. The molecule has 2 aromatic heterocycles. The Bertz CT molecular complexity index is 1870. The van der Waals surface area contributed by atoms with E-state index in [4.69, 9.17) is 0 Å². The number of pyridine rings is 1. The third-order valence-corrected chi connectivity index (χ3v) is 6.27. The molecule has 30 heavy (non-hydrogen) atoms. The van der Waals surface area contributed by atoms with Gasteiger partial charge in [0.15, 0.2) is 5.43 Å². The summed E-state index contributed by atoms with van der Waals surface area (Å²) in [5, 5.41) is 7.89. The lowest BCUT2D eigenvalue weighted by molar-refractivity contribution is 1.33. The molecule has 0 unspecified atom stereocenters. The van der Waals surface area contributed by atoms with Crippen LogP contribution in [0.1, 0.15) is 0 Å². The number of hydrogen-bond acceptors (Lipinski definition) is 1. The van der Waals surface area contributed by atoms with Gasteiger partial charge in [0.05, 0.1) is 16.6 Å². The Morgan fingerprint density at radius 1 is 0.600 bits per heavy atom. The highest BCUT2D eigenvalue weighted by molar-refractivity contribution is 6.32. The number of aromatic amines is 1. The minimum absolute atomic E-state index is 0.0344. The lowest BCUT2D eigenvalue weighted by Crippen LogP contribution is -1.98. The largest absolute Gasteiger partial charge is 0.339 e. The van der Waals surface area contributed by atoms with Crippen molar-refractivity contribution in [1.29, 1.82) is 0 Å².